The zero-order valence-corrected chi connectivity index (χ0v) is 12.7. The van der Waals surface area contributed by atoms with Crippen LogP contribution in [0.4, 0.5) is 17.7 Å². The van der Waals surface area contributed by atoms with E-state index in [1.807, 2.05) is 0 Å². The van der Waals surface area contributed by atoms with Gasteiger partial charge in [0, 0.05) is 0 Å². The molecule has 0 fully saturated rings. The summed E-state index contributed by atoms with van der Waals surface area (Å²) in [5.74, 6) is 0. The van der Waals surface area contributed by atoms with E-state index in [2.05, 4.69) is 5.32 Å². The predicted molar refractivity (Wildman–Crippen MR) is 76.9 cm³/mol. The molecule has 1 aromatic rings. The van der Waals surface area contributed by atoms with Crippen molar-refractivity contribution in [1.82, 2.24) is 5.32 Å². The summed E-state index contributed by atoms with van der Waals surface area (Å²) < 4.78 is 48.8. The van der Waals surface area contributed by atoms with E-state index < -0.39 is 30.2 Å². The van der Waals surface area contributed by atoms with Crippen LogP contribution in [0.1, 0.15) is 37.9 Å². The minimum Gasteiger partial charge on any atom is -0.445 e. The van der Waals surface area contributed by atoms with Gasteiger partial charge in [-0.05, 0) is 31.9 Å². The summed E-state index contributed by atoms with van der Waals surface area (Å²) in [6.45, 7) is 0.440. The minimum atomic E-state index is -5.05. The fraction of sp³-hybridized carbons (Fsp3) is 0.500. The Kier molecular flexibility index (Phi) is 4.42. The summed E-state index contributed by atoms with van der Waals surface area (Å²) in [7, 11) is 0. The highest BCUT2D eigenvalue weighted by Gasteiger charge is 2.29. The maximum Gasteiger partial charge on any atom is 0.509 e. The number of amides is 1. The number of alkyl carbamates (subject to hydrolysis) is 1. The van der Waals surface area contributed by atoms with E-state index in [9.17, 15) is 17.7 Å². The Morgan fingerprint density at radius 3 is 2.64 bits per heavy atom. The number of fused-ring (bicyclic) bond motifs is 1. The Bertz CT molecular complexity index is 569. The lowest BCUT2D eigenvalue weighted by atomic mass is 9.78. The van der Waals surface area contributed by atoms with Gasteiger partial charge in [-0.15, -0.1) is 5.46 Å². The molecule has 0 aliphatic carbocycles. The van der Waals surface area contributed by atoms with Gasteiger partial charge in [-0.25, -0.2) is 4.79 Å². The number of hydrogen-bond donors (Lipinski definition) is 1. The molecule has 4 nitrogen and oxygen atoms in total. The first-order valence-corrected chi connectivity index (χ1v) is 6.96. The number of rotatable bonds is 2. The molecular weight excluding hydrogens is 298 g/mol. The molecule has 122 valence electrons. The standard InChI is InChI=1S/C14H18BF3NO3/c1-14(2,3)22-13(20)19-12-8-21-7-9-6-10(15(16,17)18)4-5-11(9)12/h4-6,12H,7-8H2,1-3H3,(H,19,20)/q-1/t12-/m1/s1. The van der Waals surface area contributed by atoms with Crippen molar-refractivity contribution in [3.63, 3.8) is 0 Å². The molecule has 1 heterocycles. The number of carbonyl (C=O) groups is 1. The van der Waals surface area contributed by atoms with Gasteiger partial charge in [0.2, 0.25) is 0 Å². The summed E-state index contributed by atoms with van der Waals surface area (Å²) in [5.41, 5.74) is -0.254. The molecular formula is C14H18BF3NO3-. The molecule has 1 N–H and O–H groups in total. The average Bonchev–Trinajstić information content (AvgIpc) is 2.35. The van der Waals surface area contributed by atoms with Crippen LogP contribution in [-0.2, 0) is 16.1 Å². The zero-order valence-electron chi connectivity index (χ0n) is 12.7. The van der Waals surface area contributed by atoms with Gasteiger partial charge in [0.05, 0.1) is 19.3 Å². The summed E-state index contributed by atoms with van der Waals surface area (Å²) in [6, 6.07) is 2.99. The fourth-order valence-electron chi connectivity index (χ4n) is 2.24. The first-order chi connectivity index (χ1) is 10.1. The van der Waals surface area contributed by atoms with E-state index in [1.54, 1.807) is 20.8 Å². The maximum atomic E-state index is 12.8. The molecule has 0 spiro atoms. The van der Waals surface area contributed by atoms with E-state index in [0.29, 0.717) is 11.1 Å². The Balaban J connectivity index is 2.17. The molecule has 0 saturated carbocycles. The number of hydrogen-bond acceptors (Lipinski definition) is 3. The molecule has 0 saturated heterocycles. The summed E-state index contributed by atoms with van der Waals surface area (Å²) in [5, 5.41) is 2.63. The van der Waals surface area contributed by atoms with Gasteiger partial charge in [-0.3, -0.25) is 0 Å². The number of benzene rings is 1. The maximum absolute atomic E-state index is 12.8. The molecule has 1 aliphatic heterocycles. The highest BCUT2D eigenvalue weighted by Crippen LogP contribution is 2.25. The van der Waals surface area contributed by atoms with Crippen molar-refractivity contribution in [1.29, 1.82) is 0 Å². The molecule has 1 aromatic carbocycles. The van der Waals surface area contributed by atoms with Crippen molar-refractivity contribution in [2.45, 2.75) is 39.0 Å². The van der Waals surface area contributed by atoms with E-state index in [0.717, 1.165) is 12.1 Å². The van der Waals surface area contributed by atoms with Crippen molar-refractivity contribution in [3.8, 4) is 0 Å². The monoisotopic (exact) mass is 316 g/mol. The molecule has 0 aromatic heterocycles. The number of ether oxygens (including phenoxy) is 2. The topological polar surface area (TPSA) is 47.6 Å². The fourth-order valence-corrected chi connectivity index (χ4v) is 2.24. The van der Waals surface area contributed by atoms with Crippen molar-refractivity contribution in [2.24, 2.45) is 0 Å². The summed E-state index contributed by atoms with van der Waals surface area (Å²) in [6.07, 6.45) is -0.627. The Morgan fingerprint density at radius 2 is 2.05 bits per heavy atom. The molecule has 0 radical (unpaired) electrons. The Morgan fingerprint density at radius 1 is 1.36 bits per heavy atom. The third-order valence-electron chi connectivity index (χ3n) is 3.15. The highest BCUT2D eigenvalue weighted by atomic mass is 19.4. The quantitative estimate of drug-likeness (QED) is 0.854. The van der Waals surface area contributed by atoms with Gasteiger partial charge in [-0.1, -0.05) is 18.2 Å². The van der Waals surface area contributed by atoms with E-state index in [4.69, 9.17) is 9.47 Å². The average molecular weight is 316 g/mol. The molecule has 1 atom stereocenters. The molecule has 0 bridgehead atoms. The lowest BCUT2D eigenvalue weighted by molar-refractivity contribution is 0.0390. The highest BCUT2D eigenvalue weighted by molar-refractivity contribution is 6.73. The van der Waals surface area contributed by atoms with Crippen LogP contribution in [0.5, 0.6) is 0 Å². The SMILES string of the molecule is CC(C)(C)OC(=O)N[C@@H]1COCc2cc([B-](F)(F)F)ccc21. The van der Waals surface area contributed by atoms with E-state index in [1.165, 1.54) is 6.07 Å². The van der Waals surface area contributed by atoms with Crippen molar-refractivity contribution in [2.75, 3.05) is 6.61 Å². The van der Waals surface area contributed by atoms with Crippen LogP contribution < -0.4 is 10.8 Å². The van der Waals surface area contributed by atoms with Crippen LogP contribution >= 0.6 is 0 Å². The van der Waals surface area contributed by atoms with Gasteiger partial charge in [0.1, 0.15) is 5.60 Å². The van der Waals surface area contributed by atoms with Crippen LogP contribution in [-0.4, -0.2) is 25.3 Å². The second kappa shape index (κ2) is 5.83. The number of carbonyl (C=O) groups excluding carboxylic acids is 1. The Hall–Kier alpha value is -1.70. The molecule has 22 heavy (non-hydrogen) atoms. The van der Waals surface area contributed by atoms with E-state index in [-0.39, 0.29) is 13.2 Å². The smallest absolute Gasteiger partial charge is 0.445 e. The van der Waals surface area contributed by atoms with Crippen LogP contribution in [0, 0.1) is 0 Å². The lowest BCUT2D eigenvalue weighted by Crippen LogP contribution is -2.39. The number of halogens is 3. The first-order valence-electron chi connectivity index (χ1n) is 6.96. The van der Waals surface area contributed by atoms with Gasteiger partial charge < -0.3 is 27.7 Å². The molecule has 8 heteroatoms. The minimum absolute atomic E-state index is 0.0990. The lowest BCUT2D eigenvalue weighted by Gasteiger charge is -2.29. The Labute approximate surface area is 127 Å². The van der Waals surface area contributed by atoms with Crippen LogP contribution in [0.3, 0.4) is 0 Å². The second-order valence-corrected chi connectivity index (χ2v) is 6.25. The normalized spacial score (nSPS) is 18.5. The van der Waals surface area contributed by atoms with E-state index >= 15 is 0 Å². The molecule has 2 rings (SSSR count). The zero-order chi connectivity index (χ0) is 16.5. The molecule has 1 amide bonds. The van der Waals surface area contributed by atoms with Gasteiger partial charge in [0.25, 0.3) is 0 Å². The summed E-state index contributed by atoms with van der Waals surface area (Å²) >= 11 is 0. The first kappa shape index (κ1) is 16.7. The molecule has 0 unspecified atom stereocenters. The predicted octanol–water partition coefficient (Wildman–Crippen LogP) is 2.84. The number of nitrogens with one attached hydrogen (secondary N) is 1. The van der Waals surface area contributed by atoms with Gasteiger partial charge >= 0.3 is 13.1 Å². The van der Waals surface area contributed by atoms with Gasteiger partial charge in [-0.2, -0.15) is 0 Å². The van der Waals surface area contributed by atoms with Crippen LogP contribution in [0.2, 0.25) is 0 Å². The third-order valence-corrected chi connectivity index (χ3v) is 3.15. The summed E-state index contributed by atoms with van der Waals surface area (Å²) in [4.78, 5) is 11.8. The van der Waals surface area contributed by atoms with Crippen LogP contribution in [0.15, 0.2) is 18.2 Å². The van der Waals surface area contributed by atoms with Crippen molar-refractivity contribution < 1.29 is 27.2 Å². The van der Waals surface area contributed by atoms with Gasteiger partial charge in [0.15, 0.2) is 0 Å². The van der Waals surface area contributed by atoms with Crippen LogP contribution in [0.25, 0.3) is 0 Å². The largest absolute Gasteiger partial charge is 0.509 e. The van der Waals surface area contributed by atoms with Crippen molar-refractivity contribution >= 4 is 18.5 Å². The molecule has 1 aliphatic rings. The second-order valence-electron chi connectivity index (χ2n) is 6.25. The third kappa shape index (κ3) is 4.16. The van der Waals surface area contributed by atoms with Crippen molar-refractivity contribution in [3.05, 3.63) is 29.3 Å².